The summed E-state index contributed by atoms with van der Waals surface area (Å²) in [5.41, 5.74) is 32.8. The first-order valence-electron chi connectivity index (χ1n) is 32.3. The Morgan fingerprint density at radius 2 is 1.00 bits per heavy atom. The smallest absolute Gasteiger partial charge is 0.336 e. The molecular weight excluding hydrogens is 1350 g/mol. The second kappa shape index (κ2) is 39.7. The summed E-state index contributed by atoms with van der Waals surface area (Å²) in [7, 11) is 0. The van der Waals surface area contributed by atoms with E-state index in [1.807, 2.05) is 0 Å². The lowest BCUT2D eigenvalue weighted by atomic mass is 10.0. The SMILES string of the molecule is NC(N)=NCCC[C@H](NC(=O)[C@H](Cc1cccs1)NC(=O)[C@@H](Cc1ccccc1)NC(=O)[C@H](CO)NC(=O)[C@H](Cc1cccs1)NC(=O)CNC(=O)[C@@H]1CC(O)CN1C(=O)[C@@H]1CCCN1C(=O)[C@H](CCCN=C(N)N)NC(=O)[C@@H](CCCN=C(N)N)NC(=O)c1ccccc1C(=O)O)C(=O)O. The highest BCUT2D eigenvalue weighted by molar-refractivity contribution is 7.10. The van der Waals surface area contributed by atoms with Gasteiger partial charge in [0.2, 0.25) is 53.2 Å². The maximum Gasteiger partial charge on any atom is 0.336 e. The van der Waals surface area contributed by atoms with Gasteiger partial charge in [-0.1, -0.05) is 54.6 Å². The van der Waals surface area contributed by atoms with E-state index in [9.17, 15) is 78.0 Å². The Morgan fingerprint density at radius 1 is 0.525 bits per heavy atom. The zero-order valence-corrected chi connectivity index (χ0v) is 56.7. The summed E-state index contributed by atoms with van der Waals surface area (Å²) in [5, 5.41) is 65.2. The summed E-state index contributed by atoms with van der Waals surface area (Å²) in [4.78, 5) is 181. The Bertz CT molecular complexity index is 3610. The van der Waals surface area contributed by atoms with Crippen molar-refractivity contribution in [2.45, 2.75) is 138 Å². The van der Waals surface area contributed by atoms with Gasteiger partial charge in [0.1, 0.15) is 54.4 Å². The topological polar surface area (TPSA) is 582 Å². The van der Waals surface area contributed by atoms with Crippen molar-refractivity contribution in [2.24, 2.45) is 49.4 Å². The normalized spacial score (nSPS) is 16.8. The molecule has 2 saturated heterocycles. The van der Waals surface area contributed by atoms with Gasteiger partial charge < -0.3 is 107 Å². The number of aromatic carboxylic acids is 1. The number of nitrogens with two attached hydrogens (primary N) is 6. The molecule has 0 bridgehead atoms. The summed E-state index contributed by atoms with van der Waals surface area (Å²) in [6.07, 6.45) is -1.40. The summed E-state index contributed by atoms with van der Waals surface area (Å²) < 4.78 is 0. The van der Waals surface area contributed by atoms with E-state index in [1.54, 1.807) is 65.4 Å². The quantitative estimate of drug-likeness (QED) is 0.0114. The van der Waals surface area contributed by atoms with Crippen LogP contribution < -0.4 is 76.9 Å². The number of hydrogen-bond acceptors (Lipinski definition) is 19. The molecule has 1 unspecified atom stereocenters. The van der Waals surface area contributed by atoms with Gasteiger partial charge in [-0.2, -0.15) is 0 Å². The largest absolute Gasteiger partial charge is 0.480 e. The number of carboxylic acid groups (broad SMARTS) is 2. The van der Waals surface area contributed by atoms with Crippen LogP contribution in [0.2, 0.25) is 0 Å². The highest BCUT2D eigenvalue weighted by Crippen LogP contribution is 2.27. The molecule has 2 fully saturated rings. The van der Waals surface area contributed by atoms with Gasteiger partial charge in [-0.15, -0.1) is 22.7 Å². The van der Waals surface area contributed by atoms with Gasteiger partial charge in [-0.25, -0.2) is 9.59 Å². The monoisotopic (exact) mass is 1440 g/mol. The summed E-state index contributed by atoms with van der Waals surface area (Å²) in [6, 6.07) is 7.63. The third-order valence-corrected chi connectivity index (χ3v) is 18.0. The number of nitrogens with one attached hydrogen (secondary N) is 8. The van der Waals surface area contributed by atoms with Gasteiger partial charge in [0.25, 0.3) is 5.91 Å². The average Bonchev–Trinajstić information content (AvgIpc) is 1.70. The number of aliphatic carboxylic acids is 1. The van der Waals surface area contributed by atoms with Crippen LogP contribution in [0.5, 0.6) is 0 Å². The minimum Gasteiger partial charge on any atom is -0.480 e. The van der Waals surface area contributed by atoms with Crippen LogP contribution in [-0.4, -0.2) is 225 Å². The van der Waals surface area contributed by atoms with E-state index in [4.69, 9.17) is 34.4 Å². The number of carbonyl (C=O) groups excluding carboxylic acids is 10. The van der Waals surface area contributed by atoms with E-state index in [-0.39, 0.29) is 139 Å². The first-order valence-corrected chi connectivity index (χ1v) is 34.1. The Balaban J connectivity index is 1.13. The van der Waals surface area contributed by atoms with Crippen LogP contribution >= 0.6 is 22.7 Å². The molecule has 0 spiro atoms. The van der Waals surface area contributed by atoms with Crippen molar-refractivity contribution >= 4 is 112 Å². The van der Waals surface area contributed by atoms with E-state index in [0.29, 0.717) is 15.3 Å². The molecule has 35 nitrogen and oxygen atoms in total. The van der Waals surface area contributed by atoms with Crippen molar-refractivity contribution in [1.29, 1.82) is 0 Å². The maximum absolute atomic E-state index is 14.7. The lowest BCUT2D eigenvalue weighted by Gasteiger charge is -2.33. The Morgan fingerprint density at radius 3 is 1.52 bits per heavy atom. The fourth-order valence-electron chi connectivity index (χ4n) is 11.2. The lowest BCUT2D eigenvalue weighted by molar-refractivity contribution is -0.148. The second-order valence-electron chi connectivity index (χ2n) is 23.7. The number of thiophene rings is 2. The summed E-state index contributed by atoms with van der Waals surface area (Å²) in [5.74, 6) is -12.3. The first-order chi connectivity index (χ1) is 48.2. The number of nitrogens with zero attached hydrogens (tertiary/aromatic N) is 5. The number of hydrogen-bond donors (Lipinski definition) is 18. The first kappa shape index (κ1) is 79.2. The molecule has 6 rings (SSSR count). The average molecular weight is 1440 g/mol. The number of likely N-dealkylation sites (tertiary alicyclic amines) is 2. The molecule has 24 N–H and O–H groups in total. The highest BCUT2D eigenvalue weighted by Gasteiger charge is 2.46. The van der Waals surface area contributed by atoms with Crippen LogP contribution in [0.4, 0.5) is 0 Å². The van der Waals surface area contributed by atoms with Crippen LogP contribution in [0.15, 0.2) is 105 Å². The summed E-state index contributed by atoms with van der Waals surface area (Å²) in [6.45, 7) is -2.05. The van der Waals surface area contributed by atoms with E-state index >= 15 is 0 Å². The zero-order valence-electron chi connectivity index (χ0n) is 55.1. The number of aliphatic hydroxyl groups is 2. The van der Waals surface area contributed by atoms with Gasteiger partial charge in [0.05, 0.1) is 30.4 Å². The van der Waals surface area contributed by atoms with E-state index in [0.717, 1.165) is 4.90 Å². The number of aliphatic hydroxyl groups excluding tert-OH is 2. The fourth-order valence-corrected chi connectivity index (χ4v) is 12.7. The molecule has 0 radical (unpaired) electrons. The van der Waals surface area contributed by atoms with Crippen LogP contribution in [0.3, 0.4) is 0 Å². The maximum atomic E-state index is 14.7. The molecular formula is C64H87N19O16S2. The third kappa shape index (κ3) is 25.2. The molecule has 2 aromatic heterocycles. The molecule has 4 aromatic rings. The molecule has 0 saturated carbocycles. The van der Waals surface area contributed by atoms with E-state index in [1.165, 1.54) is 51.8 Å². The predicted octanol–water partition coefficient (Wildman–Crippen LogP) is -4.45. The Hall–Kier alpha value is -10.8. The Labute approximate surface area is 588 Å². The molecule has 2 aliphatic rings. The number of carboxylic acids is 2. The second-order valence-corrected chi connectivity index (χ2v) is 25.8. The third-order valence-electron chi connectivity index (χ3n) is 16.2. The number of aliphatic imine (C=N–C) groups is 3. The van der Waals surface area contributed by atoms with Crippen molar-refractivity contribution in [2.75, 3.05) is 45.9 Å². The van der Waals surface area contributed by atoms with Crippen LogP contribution in [0, 0.1) is 0 Å². The van der Waals surface area contributed by atoms with Gasteiger partial charge in [-0.3, -0.25) is 62.9 Å². The standard InChI is InChI=1S/C64H87N19O16S2/c65-62(66)71-22-6-18-41(76-51(87)39-16-4-5-17-40(39)60(96)97)52(88)77-42(19-7-23-72-63(67)68)58(94)82-25-9-21-48(82)59(95)83-33-36(85)29-49(83)57(93)74-32-50(86)75-45(30-37-14-10-26-100-37)54(90)81-47(34-84)56(92)79-44(28-35-12-2-1-3-13-35)53(89)80-46(31-38-15-11-27-101-38)55(91)78-43(61(98)99)20-8-24-73-64(69)70/h1-5,10-17,26-27,36,41-49,84-85H,6-9,18-25,28-34H2,(H,74,93)(H,75,86)(H,76,87)(H,77,88)(H,78,91)(H,79,92)(H,80,89)(H,81,90)(H,96,97)(H,98,99)(H4,65,66,71)(H4,67,68,72)(H4,69,70,73)/t36?,41-,42+,43+,44-,45+,46+,47+,48+,49+/m1/s1. The number of rotatable bonds is 39. The van der Waals surface area contributed by atoms with E-state index in [2.05, 4.69) is 57.5 Å². The predicted molar refractivity (Wildman–Crippen MR) is 371 cm³/mol. The summed E-state index contributed by atoms with van der Waals surface area (Å²) >= 11 is 2.49. The number of guanidine groups is 3. The van der Waals surface area contributed by atoms with Gasteiger partial charge in [-0.05, 0) is 92.0 Å². The molecule has 0 aliphatic carbocycles. The number of β-amino-alcohol motifs (C(OH)–C–C–N with tert-alkyl or cyclic N) is 1. The Kier molecular flexibility index (Phi) is 31.1. The van der Waals surface area contributed by atoms with Crippen molar-refractivity contribution < 1.29 is 78.0 Å². The lowest BCUT2D eigenvalue weighted by Crippen LogP contribution is -2.60. The molecule has 2 aliphatic heterocycles. The molecule has 101 heavy (non-hydrogen) atoms. The van der Waals surface area contributed by atoms with Crippen LogP contribution in [0.1, 0.15) is 93.8 Å². The van der Waals surface area contributed by atoms with Gasteiger partial charge in [0, 0.05) is 68.2 Å². The molecule has 10 amide bonds. The van der Waals surface area contributed by atoms with Crippen molar-refractivity contribution in [1.82, 2.24) is 52.3 Å². The minimum absolute atomic E-state index is 0.00705. The molecule has 4 heterocycles. The number of carbonyl (C=O) groups is 12. The minimum atomic E-state index is -1.76. The molecule has 37 heteroatoms. The highest BCUT2D eigenvalue weighted by atomic mass is 32.1. The number of amides is 10. The van der Waals surface area contributed by atoms with Crippen LogP contribution in [-0.2, 0) is 67.2 Å². The van der Waals surface area contributed by atoms with Crippen molar-refractivity contribution in [3.8, 4) is 0 Å². The number of benzene rings is 2. The van der Waals surface area contributed by atoms with Crippen molar-refractivity contribution in [3.63, 3.8) is 0 Å². The molecule has 546 valence electrons. The zero-order chi connectivity index (χ0) is 73.7. The van der Waals surface area contributed by atoms with E-state index < -0.39 is 145 Å². The van der Waals surface area contributed by atoms with Crippen LogP contribution in [0.25, 0.3) is 0 Å². The molecule has 2 aromatic carbocycles. The van der Waals surface area contributed by atoms with Gasteiger partial charge >= 0.3 is 11.9 Å². The molecule has 10 atom stereocenters. The van der Waals surface area contributed by atoms with Crippen molar-refractivity contribution in [3.05, 3.63) is 116 Å². The fraction of sp³-hybridized carbons (Fsp3) is 0.453. The van der Waals surface area contributed by atoms with Gasteiger partial charge in [0.15, 0.2) is 17.9 Å².